The number of nitrogens with one attached hydrogen (secondary N) is 3. The van der Waals surface area contributed by atoms with Crippen molar-refractivity contribution in [2.24, 2.45) is 0 Å². The number of hydrogen-bond acceptors (Lipinski definition) is 3. The van der Waals surface area contributed by atoms with Gasteiger partial charge in [0.25, 0.3) is 0 Å². The van der Waals surface area contributed by atoms with E-state index in [1.165, 1.54) is 6.07 Å². The van der Waals surface area contributed by atoms with Gasteiger partial charge < -0.3 is 10.6 Å². The molecule has 0 fully saturated rings. The summed E-state index contributed by atoms with van der Waals surface area (Å²) in [6, 6.07) is 3.95. The van der Waals surface area contributed by atoms with Gasteiger partial charge in [0, 0.05) is 29.8 Å². The van der Waals surface area contributed by atoms with Crippen LogP contribution in [0.4, 0.5) is 8.78 Å². The van der Waals surface area contributed by atoms with Crippen molar-refractivity contribution in [2.75, 3.05) is 0 Å². The second-order valence-corrected chi connectivity index (χ2v) is 6.22. The van der Waals surface area contributed by atoms with Crippen molar-refractivity contribution >= 4 is 11.8 Å². The van der Waals surface area contributed by atoms with Crippen molar-refractivity contribution in [1.82, 2.24) is 20.8 Å². The lowest BCUT2D eigenvalue weighted by Gasteiger charge is -2.19. The Morgan fingerprint density at radius 2 is 1.88 bits per heavy atom. The SMILES string of the molecule is CCC(NC(=O)C(=O)NC(C)Cc1cc(C)[nH]n1)c1ccc(F)cc1F. The molecule has 2 amide bonds. The lowest BCUT2D eigenvalue weighted by Crippen LogP contribution is -2.45. The summed E-state index contributed by atoms with van der Waals surface area (Å²) in [5, 5.41) is 11.9. The van der Waals surface area contributed by atoms with E-state index in [4.69, 9.17) is 0 Å². The number of carbonyl (C=O) groups excluding carboxylic acids is 2. The Morgan fingerprint density at radius 3 is 2.46 bits per heavy atom. The van der Waals surface area contributed by atoms with E-state index >= 15 is 0 Å². The predicted molar refractivity (Wildman–Crippen MR) is 92.2 cm³/mol. The highest BCUT2D eigenvalue weighted by molar-refractivity contribution is 6.35. The molecule has 0 radical (unpaired) electrons. The molecular formula is C18H22F2N4O2. The van der Waals surface area contributed by atoms with Crippen molar-refractivity contribution < 1.29 is 18.4 Å². The summed E-state index contributed by atoms with van der Waals surface area (Å²) < 4.78 is 26.9. The number of hydrogen-bond donors (Lipinski definition) is 3. The summed E-state index contributed by atoms with van der Waals surface area (Å²) in [4.78, 5) is 24.2. The molecule has 1 heterocycles. The van der Waals surface area contributed by atoms with Crippen LogP contribution in [-0.2, 0) is 16.0 Å². The van der Waals surface area contributed by atoms with Crippen molar-refractivity contribution in [3.8, 4) is 0 Å². The average molecular weight is 364 g/mol. The van der Waals surface area contributed by atoms with Crippen LogP contribution in [0.2, 0.25) is 0 Å². The Kier molecular flexibility index (Phi) is 6.43. The van der Waals surface area contributed by atoms with Crippen molar-refractivity contribution in [3.63, 3.8) is 0 Å². The number of amides is 2. The first-order chi connectivity index (χ1) is 12.3. The summed E-state index contributed by atoms with van der Waals surface area (Å²) in [7, 11) is 0. The maximum Gasteiger partial charge on any atom is 0.309 e. The van der Waals surface area contributed by atoms with Crippen LogP contribution in [0.15, 0.2) is 24.3 Å². The van der Waals surface area contributed by atoms with Crippen LogP contribution in [-0.4, -0.2) is 28.1 Å². The van der Waals surface area contributed by atoms with Gasteiger partial charge >= 0.3 is 11.8 Å². The molecule has 0 bridgehead atoms. The zero-order valence-corrected chi connectivity index (χ0v) is 14.9. The van der Waals surface area contributed by atoms with Crippen LogP contribution < -0.4 is 10.6 Å². The Hall–Kier alpha value is -2.77. The average Bonchev–Trinajstić information content (AvgIpc) is 2.97. The van der Waals surface area contributed by atoms with Crippen LogP contribution in [0.5, 0.6) is 0 Å². The van der Waals surface area contributed by atoms with Crippen LogP contribution in [0.3, 0.4) is 0 Å². The zero-order chi connectivity index (χ0) is 19.3. The van der Waals surface area contributed by atoms with Crippen LogP contribution >= 0.6 is 0 Å². The number of H-pyrrole nitrogens is 1. The van der Waals surface area contributed by atoms with E-state index in [0.29, 0.717) is 12.8 Å². The van der Waals surface area contributed by atoms with Crippen LogP contribution in [0.25, 0.3) is 0 Å². The molecule has 26 heavy (non-hydrogen) atoms. The smallest absolute Gasteiger partial charge is 0.309 e. The van der Waals surface area contributed by atoms with Crippen molar-refractivity contribution in [3.05, 3.63) is 52.9 Å². The Balaban J connectivity index is 1.95. The van der Waals surface area contributed by atoms with Gasteiger partial charge in [-0.3, -0.25) is 14.7 Å². The van der Waals surface area contributed by atoms with E-state index in [9.17, 15) is 18.4 Å². The molecule has 0 aliphatic carbocycles. The van der Waals surface area contributed by atoms with E-state index in [1.807, 2.05) is 13.0 Å². The number of aromatic nitrogens is 2. The molecule has 2 aromatic rings. The van der Waals surface area contributed by atoms with Gasteiger partial charge in [-0.05, 0) is 32.4 Å². The molecule has 140 valence electrons. The van der Waals surface area contributed by atoms with E-state index in [2.05, 4.69) is 20.8 Å². The minimum Gasteiger partial charge on any atom is -0.345 e. The number of rotatable bonds is 6. The fourth-order valence-electron chi connectivity index (χ4n) is 2.64. The van der Waals surface area contributed by atoms with E-state index in [1.54, 1.807) is 13.8 Å². The molecule has 3 N–H and O–H groups in total. The zero-order valence-electron chi connectivity index (χ0n) is 14.9. The molecule has 0 spiro atoms. The first kappa shape index (κ1) is 19.6. The summed E-state index contributed by atoms with van der Waals surface area (Å²) in [6.07, 6.45) is 0.816. The quantitative estimate of drug-likeness (QED) is 0.688. The first-order valence-corrected chi connectivity index (χ1v) is 8.37. The summed E-state index contributed by atoms with van der Waals surface area (Å²) >= 11 is 0. The molecule has 8 heteroatoms. The van der Waals surface area contributed by atoms with Gasteiger partial charge in [-0.25, -0.2) is 8.78 Å². The van der Waals surface area contributed by atoms with E-state index in [0.717, 1.165) is 23.5 Å². The topological polar surface area (TPSA) is 86.9 Å². The summed E-state index contributed by atoms with van der Waals surface area (Å²) in [5.74, 6) is -3.15. The van der Waals surface area contributed by atoms with Gasteiger partial charge in [-0.1, -0.05) is 13.0 Å². The number of nitrogens with zero attached hydrogens (tertiary/aromatic N) is 1. The van der Waals surface area contributed by atoms with Gasteiger partial charge in [0.05, 0.1) is 11.7 Å². The second kappa shape index (κ2) is 8.55. The molecular weight excluding hydrogens is 342 g/mol. The van der Waals surface area contributed by atoms with Gasteiger partial charge in [-0.2, -0.15) is 5.10 Å². The lowest BCUT2D eigenvalue weighted by atomic mass is 10.0. The molecule has 2 rings (SSSR count). The first-order valence-electron chi connectivity index (χ1n) is 8.37. The number of carbonyl (C=O) groups is 2. The lowest BCUT2D eigenvalue weighted by molar-refractivity contribution is -0.140. The maximum absolute atomic E-state index is 13.9. The van der Waals surface area contributed by atoms with Gasteiger partial charge in [-0.15, -0.1) is 0 Å². The monoisotopic (exact) mass is 364 g/mol. The normalized spacial score (nSPS) is 13.1. The summed E-state index contributed by atoms with van der Waals surface area (Å²) in [6.45, 7) is 5.35. The molecule has 0 saturated carbocycles. The van der Waals surface area contributed by atoms with Crippen molar-refractivity contribution in [2.45, 2.75) is 45.7 Å². The second-order valence-electron chi connectivity index (χ2n) is 6.22. The molecule has 6 nitrogen and oxygen atoms in total. The van der Waals surface area contributed by atoms with Gasteiger partial charge in [0.2, 0.25) is 0 Å². The Morgan fingerprint density at radius 1 is 1.19 bits per heavy atom. The molecule has 0 aliphatic heterocycles. The minimum atomic E-state index is -0.870. The molecule has 1 aromatic heterocycles. The van der Waals surface area contributed by atoms with Crippen molar-refractivity contribution in [1.29, 1.82) is 0 Å². The number of benzene rings is 1. The van der Waals surface area contributed by atoms with E-state index in [-0.39, 0.29) is 11.6 Å². The standard InChI is InChI=1S/C18H22F2N4O2/c1-4-16(14-6-5-12(19)9-15(14)20)22-18(26)17(25)21-10(2)7-13-8-11(3)23-24-13/h5-6,8-10,16H,4,7H2,1-3H3,(H,21,25)(H,22,26)(H,23,24). The molecule has 2 atom stereocenters. The fraction of sp³-hybridized carbons (Fsp3) is 0.389. The third kappa shape index (κ3) is 5.11. The highest BCUT2D eigenvalue weighted by atomic mass is 19.1. The number of aryl methyl sites for hydroxylation is 1. The number of aromatic amines is 1. The minimum absolute atomic E-state index is 0.134. The van der Waals surface area contributed by atoms with E-state index < -0.39 is 29.5 Å². The molecule has 1 aromatic carbocycles. The third-order valence-electron chi connectivity index (χ3n) is 3.91. The highest BCUT2D eigenvalue weighted by Crippen LogP contribution is 2.20. The Bertz CT molecular complexity index is 791. The third-order valence-corrected chi connectivity index (χ3v) is 3.91. The fourth-order valence-corrected chi connectivity index (χ4v) is 2.64. The predicted octanol–water partition coefficient (Wildman–Crippen LogP) is 2.31. The van der Waals surface area contributed by atoms with Crippen LogP contribution in [0, 0.1) is 18.6 Å². The largest absolute Gasteiger partial charge is 0.345 e. The van der Waals surface area contributed by atoms with Gasteiger partial charge in [0.1, 0.15) is 11.6 Å². The highest BCUT2D eigenvalue weighted by Gasteiger charge is 2.22. The molecule has 0 saturated heterocycles. The molecule has 0 aliphatic rings. The van der Waals surface area contributed by atoms with Crippen LogP contribution in [0.1, 0.15) is 43.3 Å². The molecule has 2 unspecified atom stereocenters. The van der Waals surface area contributed by atoms with Gasteiger partial charge in [0.15, 0.2) is 0 Å². The number of halogens is 2. The maximum atomic E-state index is 13.9. The summed E-state index contributed by atoms with van der Waals surface area (Å²) in [5.41, 5.74) is 1.81. The Labute approximate surface area is 150 Å².